The summed E-state index contributed by atoms with van der Waals surface area (Å²) in [5.74, 6) is -0.204. The Hall–Kier alpha value is -1.88. The van der Waals surface area contributed by atoms with Gasteiger partial charge in [-0.05, 0) is 25.3 Å². The van der Waals surface area contributed by atoms with Gasteiger partial charge in [0.2, 0.25) is 0 Å². The Balaban J connectivity index is 1.82. The van der Waals surface area contributed by atoms with Gasteiger partial charge in [-0.1, -0.05) is 30.3 Å². The van der Waals surface area contributed by atoms with E-state index in [9.17, 15) is 9.59 Å². The Morgan fingerprint density at radius 2 is 2.10 bits per heavy atom. The Kier molecular flexibility index (Phi) is 3.22. The van der Waals surface area contributed by atoms with Gasteiger partial charge in [-0.2, -0.15) is 0 Å². The number of nitrogens with one attached hydrogen (secondary N) is 1. The van der Waals surface area contributed by atoms with Crippen LogP contribution in [0, 0.1) is 0 Å². The first-order valence-electron chi connectivity index (χ1n) is 6.92. The molecule has 2 atom stereocenters. The smallest absolute Gasteiger partial charge is 0.325 e. The maximum absolute atomic E-state index is 12.6. The molecule has 0 radical (unpaired) electrons. The number of hydrogen-bond donors (Lipinski definition) is 1. The monoisotopic (exact) mass is 274 g/mol. The second-order valence-electron chi connectivity index (χ2n) is 5.47. The number of carbonyl (C=O) groups is 2. The Morgan fingerprint density at radius 1 is 1.35 bits per heavy atom. The molecule has 0 aliphatic carbocycles. The third-order valence-electron chi connectivity index (χ3n) is 4.04. The van der Waals surface area contributed by atoms with E-state index in [1.807, 2.05) is 30.3 Å². The molecule has 2 unspecified atom stereocenters. The molecule has 2 heterocycles. The summed E-state index contributed by atoms with van der Waals surface area (Å²) in [7, 11) is 0. The summed E-state index contributed by atoms with van der Waals surface area (Å²) >= 11 is 0. The first-order chi connectivity index (χ1) is 9.61. The minimum atomic E-state index is -0.975. The van der Waals surface area contributed by atoms with Gasteiger partial charge in [0.1, 0.15) is 5.54 Å². The lowest BCUT2D eigenvalue weighted by molar-refractivity contribution is -0.132. The predicted molar refractivity (Wildman–Crippen MR) is 73.0 cm³/mol. The van der Waals surface area contributed by atoms with Gasteiger partial charge in [0.25, 0.3) is 5.91 Å². The molecule has 1 N–H and O–H groups in total. The fraction of sp³-hybridized carbons (Fsp3) is 0.467. The van der Waals surface area contributed by atoms with Gasteiger partial charge in [-0.15, -0.1) is 0 Å². The van der Waals surface area contributed by atoms with E-state index in [2.05, 4.69) is 5.32 Å². The van der Waals surface area contributed by atoms with Crippen molar-refractivity contribution in [2.75, 3.05) is 13.2 Å². The van der Waals surface area contributed by atoms with Crippen LogP contribution in [0.4, 0.5) is 4.79 Å². The minimum Gasteiger partial charge on any atom is -0.376 e. The summed E-state index contributed by atoms with van der Waals surface area (Å²) in [5.41, 5.74) is -0.176. The summed E-state index contributed by atoms with van der Waals surface area (Å²) in [6.45, 7) is 2.80. The quantitative estimate of drug-likeness (QED) is 0.852. The van der Waals surface area contributed by atoms with E-state index in [-0.39, 0.29) is 18.0 Å². The predicted octanol–water partition coefficient (Wildman–Crippen LogP) is 1.63. The number of rotatable bonds is 3. The van der Waals surface area contributed by atoms with Crippen molar-refractivity contribution in [1.82, 2.24) is 10.2 Å². The molecule has 2 aliphatic heterocycles. The van der Waals surface area contributed by atoms with Crippen LogP contribution in [0.2, 0.25) is 0 Å². The van der Waals surface area contributed by atoms with Gasteiger partial charge in [-0.3, -0.25) is 9.69 Å². The Labute approximate surface area is 117 Å². The van der Waals surface area contributed by atoms with Crippen molar-refractivity contribution in [3.8, 4) is 0 Å². The van der Waals surface area contributed by atoms with E-state index in [0.717, 1.165) is 18.4 Å². The molecule has 3 amide bonds. The van der Waals surface area contributed by atoms with Crippen LogP contribution >= 0.6 is 0 Å². The molecule has 0 saturated carbocycles. The maximum atomic E-state index is 12.6. The summed E-state index contributed by atoms with van der Waals surface area (Å²) in [4.78, 5) is 26.0. The molecule has 2 aliphatic rings. The lowest BCUT2D eigenvalue weighted by Crippen LogP contribution is -2.41. The average molecular weight is 274 g/mol. The third kappa shape index (κ3) is 2.08. The highest BCUT2D eigenvalue weighted by Crippen LogP contribution is 2.29. The van der Waals surface area contributed by atoms with Crippen molar-refractivity contribution in [2.45, 2.75) is 31.4 Å². The van der Waals surface area contributed by atoms with Crippen molar-refractivity contribution in [3.63, 3.8) is 0 Å². The SMILES string of the molecule is CC1(c2ccccc2)NC(=O)N(CC2CCCO2)C1=O. The number of benzene rings is 1. The molecule has 5 heteroatoms. The molecular weight excluding hydrogens is 256 g/mol. The highest BCUT2D eigenvalue weighted by molar-refractivity contribution is 6.07. The molecule has 1 aromatic rings. The largest absolute Gasteiger partial charge is 0.376 e. The second kappa shape index (κ2) is 4.90. The molecule has 1 aromatic carbocycles. The highest BCUT2D eigenvalue weighted by Gasteiger charge is 2.49. The topological polar surface area (TPSA) is 58.6 Å². The van der Waals surface area contributed by atoms with Gasteiger partial charge in [0.15, 0.2) is 0 Å². The van der Waals surface area contributed by atoms with Crippen LogP contribution in [-0.4, -0.2) is 36.1 Å². The molecule has 3 rings (SSSR count). The molecule has 2 saturated heterocycles. The molecule has 106 valence electrons. The second-order valence-corrected chi connectivity index (χ2v) is 5.47. The number of urea groups is 1. The molecule has 0 bridgehead atoms. The van der Waals surface area contributed by atoms with Crippen LogP contribution in [0.15, 0.2) is 30.3 Å². The van der Waals surface area contributed by atoms with Crippen molar-refractivity contribution < 1.29 is 14.3 Å². The van der Waals surface area contributed by atoms with E-state index in [0.29, 0.717) is 13.2 Å². The summed E-state index contributed by atoms with van der Waals surface area (Å²) in [5, 5.41) is 2.80. The first kappa shape index (κ1) is 13.1. The first-order valence-corrected chi connectivity index (χ1v) is 6.92. The van der Waals surface area contributed by atoms with Crippen LogP contribution in [0.1, 0.15) is 25.3 Å². The minimum absolute atomic E-state index is 0.0252. The Morgan fingerprint density at radius 3 is 2.75 bits per heavy atom. The zero-order chi connectivity index (χ0) is 14.2. The number of carbonyl (C=O) groups excluding carboxylic acids is 2. The zero-order valence-corrected chi connectivity index (χ0v) is 11.5. The molecule has 0 aromatic heterocycles. The van der Waals surface area contributed by atoms with E-state index < -0.39 is 5.54 Å². The van der Waals surface area contributed by atoms with Crippen molar-refractivity contribution in [3.05, 3.63) is 35.9 Å². The van der Waals surface area contributed by atoms with Gasteiger partial charge >= 0.3 is 6.03 Å². The molecule has 2 fully saturated rings. The molecule has 0 spiro atoms. The number of amides is 3. The lowest BCUT2D eigenvalue weighted by atomic mass is 9.92. The van der Waals surface area contributed by atoms with E-state index in [1.54, 1.807) is 6.92 Å². The van der Waals surface area contributed by atoms with Crippen LogP contribution in [0.3, 0.4) is 0 Å². The number of nitrogens with zero attached hydrogens (tertiary/aromatic N) is 1. The lowest BCUT2D eigenvalue weighted by Gasteiger charge is -2.23. The zero-order valence-electron chi connectivity index (χ0n) is 11.5. The number of ether oxygens (including phenoxy) is 1. The van der Waals surface area contributed by atoms with Gasteiger partial charge in [0, 0.05) is 6.61 Å². The molecule has 20 heavy (non-hydrogen) atoms. The average Bonchev–Trinajstić information content (AvgIpc) is 3.04. The van der Waals surface area contributed by atoms with Gasteiger partial charge < -0.3 is 10.1 Å². The summed E-state index contributed by atoms with van der Waals surface area (Å²) in [6, 6.07) is 8.99. The standard InChI is InChI=1S/C15H18N2O3/c1-15(11-6-3-2-4-7-11)13(18)17(14(19)16-15)10-12-8-5-9-20-12/h2-4,6-7,12H,5,8-10H2,1H3,(H,16,19). The number of hydrogen-bond acceptors (Lipinski definition) is 3. The van der Waals surface area contributed by atoms with E-state index in [4.69, 9.17) is 4.74 Å². The maximum Gasteiger partial charge on any atom is 0.325 e. The number of imide groups is 1. The summed E-state index contributed by atoms with van der Waals surface area (Å²) < 4.78 is 5.51. The fourth-order valence-corrected chi connectivity index (χ4v) is 2.82. The molecular formula is C15H18N2O3. The Bertz CT molecular complexity index is 525. The van der Waals surface area contributed by atoms with Crippen molar-refractivity contribution in [1.29, 1.82) is 0 Å². The summed E-state index contributed by atoms with van der Waals surface area (Å²) in [6.07, 6.45) is 1.87. The van der Waals surface area contributed by atoms with Crippen LogP contribution in [0.5, 0.6) is 0 Å². The highest BCUT2D eigenvalue weighted by atomic mass is 16.5. The third-order valence-corrected chi connectivity index (χ3v) is 4.04. The van der Waals surface area contributed by atoms with E-state index in [1.165, 1.54) is 4.90 Å². The van der Waals surface area contributed by atoms with Crippen molar-refractivity contribution in [2.24, 2.45) is 0 Å². The van der Waals surface area contributed by atoms with Crippen LogP contribution < -0.4 is 5.32 Å². The van der Waals surface area contributed by atoms with Crippen LogP contribution in [-0.2, 0) is 15.1 Å². The molecule has 5 nitrogen and oxygen atoms in total. The van der Waals surface area contributed by atoms with Gasteiger partial charge in [0.05, 0.1) is 12.6 Å². The van der Waals surface area contributed by atoms with Gasteiger partial charge in [-0.25, -0.2) is 4.79 Å². The van der Waals surface area contributed by atoms with Crippen molar-refractivity contribution >= 4 is 11.9 Å². The normalized spacial score (nSPS) is 29.9. The van der Waals surface area contributed by atoms with Crippen LogP contribution in [0.25, 0.3) is 0 Å². The van der Waals surface area contributed by atoms with E-state index >= 15 is 0 Å². The fourth-order valence-electron chi connectivity index (χ4n) is 2.82.